The third-order valence-electron chi connectivity index (χ3n) is 6.28. The molecular formula is C24H26O8. The summed E-state index contributed by atoms with van der Waals surface area (Å²) in [4.78, 5) is 24.9. The van der Waals surface area contributed by atoms with Crippen molar-refractivity contribution in [1.82, 2.24) is 0 Å². The van der Waals surface area contributed by atoms with Gasteiger partial charge in [-0.1, -0.05) is 48.5 Å². The van der Waals surface area contributed by atoms with E-state index >= 15 is 0 Å². The van der Waals surface area contributed by atoms with Gasteiger partial charge in [-0.05, 0) is 24.1 Å². The fourth-order valence-corrected chi connectivity index (χ4v) is 4.57. The molecule has 8 nitrogen and oxygen atoms in total. The number of hydrogen-bond acceptors (Lipinski definition) is 8. The second-order valence-electron chi connectivity index (χ2n) is 8.07. The molecular weight excluding hydrogens is 416 g/mol. The van der Waals surface area contributed by atoms with Gasteiger partial charge in [0.15, 0.2) is 6.29 Å². The lowest BCUT2D eigenvalue weighted by molar-refractivity contribution is -0.260. The first-order valence-corrected chi connectivity index (χ1v) is 10.4. The van der Waals surface area contributed by atoms with Gasteiger partial charge in [-0.25, -0.2) is 4.79 Å². The number of benzene rings is 2. The summed E-state index contributed by atoms with van der Waals surface area (Å²) in [5.74, 6) is -1.98. The normalized spacial score (nSPS) is 31.2. The molecule has 1 heterocycles. The van der Waals surface area contributed by atoms with Crippen molar-refractivity contribution in [3.8, 4) is 0 Å². The predicted molar refractivity (Wildman–Crippen MR) is 111 cm³/mol. The fourth-order valence-electron chi connectivity index (χ4n) is 4.57. The Hall–Kier alpha value is -2.78. The summed E-state index contributed by atoms with van der Waals surface area (Å²) in [6.07, 6.45) is -4.04. The molecule has 4 unspecified atom stereocenters. The Morgan fingerprint density at radius 2 is 1.75 bits per heavy atom. The number of carbonyl (C=O) groups excluding carboxylic acids is 2. The molecule has 1 spiro atoms. The third kappa shape index (κ3) is 3.91. The molecule has 8 heteroatoms. The largest absolute Gasteiger partial charge is 0.469 e. The maximum Gasteiger partial charge on any atom is 0.338 e. The molecule has 2 aromatic rings. The van der Waals surface area contributed by atoms with Crippen LogP contribution in [0.2, 0.25) is 0 Å². The molecule has 0 radical (unpaired) electrons. The quantitative estimate of drug-likeness (QED) is 0.623. The van der Waals surface area contributed by atoms with E-state index in [1.807, 2.05) is 30.3 Å². The molecule has 4 rings (SSSR count). The van der Waals surface area contributed by atoms with Crippen LogP contribution in [-0.2, 0) is 30.3 Å². The summed E-state index contributed by atoms with van der Waals surface area (Å²) in [6, 6.07) is 17.8. The van der Waals surface area contributed by atoms with Gasteiger partial charge in [-0.15, -0.1) is 0 Å². The summed E-state index contributed by atoms with van der Waals surface area (Å²) in [5, 5.41) is 21.0. The zero-order valence-corrected chi connectivity index (χ0v) is 17.6. The van der Waals surface area contributed by atoms with Gasteiger partial charge >= 0.3 is 11.9 Å². The molecule has 1 aliphatic carbocycles. The molecule has 2 aliphatic rings. The maximum atomic E-state index is 12.8. The maximum absolute atomic E-state index is 12.8. The first-order chi connectivity index (χ1) is 15.5. The fraction of sp³-hybridized carbons (Fsp3) is 0.417. The van der Waals surface area contributed by atoms with E-state index in [0.29, 0.717) is 5.56 Å². The highest BCUT2D eigenvalue weighted by Gasteiger charge is 2.72. The van der Waals surface area contributed by atoms with Crippen molar-refractivity contribution < 1.29 is 38.7 Å². The zero-order valence-electron chi connectivity index (χ0n) is 17.6. The summed E-state index contributed by atoms with van der Waals surface area (Å²) >= 11 is 0. The van der Waals surface area contributed by atoms with E-state index in [2.05, 4.69) is 0 Å². The molecule has 1 saturated heterocycles. The Balaban J connectivity index is 1.60. The average molecular weight is 442 g/mol. The summed E-state index contributed by atoms with van der Waals surface area (Å²) in [7, 11) is 1.25. The highest BCUT2D eigenvalue weighted by Crippen LogP contribution is 2.58. The van der Waals surface area contributed by atoms with Gasteiger partial charge in [-0.2, -0.15) is 0 Å². The van der Waals surface area contributed by atoms with Crippen LogP contribution in [0, 0.1) is 11.3 Å². The monoisotopic (exact) mass is 442 g/mol. The van der Waals surface area contributed by atoms with Crippen molar-refractivity contribution in [2.75, 3.05) is 13.7 Å². The molecule has 0 bridgehead atoms. The number of rotatable bonds is 7. The minimum atomic E-state index is -1.24. The van der Waals surface area contributed by atoms with Gasteiger partial charge < -0.3 is 29.2 Å². The number of esters is 2. The summed E-state index contributed by atoms with van der Waals surface area (Å²) in [6.45, 7) is -0.268. The first-order valence-electron chi connectivity index (χ1n) is 10.4. The number of ether oxygens (including phenoxy) is 4. The van der Waals surface area contributed by atoms with E-state index in [1.54, 1.807) is 30.3 Å². The molecule has 0 aromatic heterocycles. The van der Waals surface area contributed by atoms with E-state index in [9.17, 15) is 19.8 Å². The lowest BCUT2D eigenvalue weighted by Gasteiger charge is -2.52. The highest BCUT2D eigenvalue weighted by atomic mass is 16.7. The topological polar surface area (TPSA) is 112 Å². The Bertz CT molecular complexity index is 934. The first kappa shape index (κ1) is 22.4. The van der Waals surface area contributed by atoms with E-state index in [0.717, 1.165) is 5.56 Å². The highest BCUT2D eigenvalue weighted by molar-refractivity contribution is 5.89. The van der Waals surface area contributed by atoms with Crippen molar-refractivity contribution >= 4 is 11.9 Å². The van der Waals surface area contributed by atoms with E-state index in [-0.39, 0.29) is 13.0 Å². The molecule has 2 N–H and O–H groups in total. The van der Waals surface area contributed by atoms with Crippen molar-refractivity contribution in [1.29, 1.82) is 0 Å². The minimum absolute atomic E-state index is 0.129. The molecule has 6 atom stereocenters. The van der Waals surface area contributed by atoms with Crippen molar-refractivity contribution in [3.63, 3.8) is 0 Å². The van der Waals surface area contributed by atoms with E-state index in [1.165, 1.54) is 7.11 Å². The Labute approximate surface area is 185 Å². The molecule has 32 heavy (non-hydrogen) atoms. The Morgan fingerprint density at radius 3 is 2.34 bits per heavy atom. The van der Waals surface area contributed by atoms with Crippen LogP contribution in [0.4, 0.5) is 0 Å². The second-order valence-corrected chi connectivity index (χ2v) is 8.07. The van der Waals surface area contributed by atoms with Gasteiger partial charge in [-0.3, -0.25) is 4.79 Å². The van der Waals surface area contributed by atoms with Crippen LogP contribution in [0.15, 0.2) is 60.7 Å². The van der Waals surface area contributed by atoms with Gasteiger partial charge in [0.25, 0.3) is 0 Å². The number of methoxy groups -OCH3 is 1. The average Bonchev–Trinajstić information content (AvgIpc) is 3.16. The van der Waals surface area contributed by atoms with Crippen LogP contribution in [-0.4, -0.2) is 60.5 Å². The van der Waals surface area contributed by atoms with Gasteiger partial charge in [0.05, 0.1) is 43.3 Å². The van der Waals surface area contributed by atoms with Crippen LogP contribution < -0.4 is 0 Å². The third-order valence-corrected chi connectivity index (χ3v) is 6.28. The van der Waals surface area contributed by atoms with Gasteiger partial charge in [0, 0.05) is 0 Å². The zero-order chi connectivity index (χ0) is 22.7. The lowest BCUT2D eigenvalue weighted by atomic mass is 9.56. The minimum Gasteiger partial charge on any atom is -0.469 e. The number of carbonyl (C=O) groups is 2. The summed E-state index contributed by atoms with van der Waals surface area (Å²) < 4.78 is 22.5. The Morgan fingerprint density at radius 1 is 1.09 bits per heavy atom. The second kappa shape index (κ2) is 9.38. The molecule has 1 aliphatic heterocycles. The van der Waals surface area contributed by atoms with Crippen LogP contribution in [0.3, 0.4) is 0 Å². The molecule has 1 saturated carbocycles. The van der Waals surface area contributed by atoms with Crippen LogP contribution in [0.1, 0.15) is 22.3 Å². The van der Waals surface area contributed by atoms with Crippen LogP contribution >= 0.6 is 0 Å². The Kier molecular flexibility index (Phi) is 6.57. The molecule has 2 fully saturated rings. The standard InChI is InChI=1S/C24H26O8/c1-29-22(28)17-12-24(19(17)26)20(32-21(27)16-10-6-3-7-11-16)18(13-25)31-23(24)30-14-15-8-4-2-5-9-15/h2-11,17-20,23,25-26H,12-14H2,1H3/t17-,18?,19?,20-,23?,24?/m1/s1. The molecule has 170 valence electrons. The molecule has 2 aromatic carbocycles. The SMILES string of the molecule is COC(=O)[C@@H]1CC2(C(OCc3ccccc3)OC(CO)[C@H]2OC(=O)c2ccccc2)C1O. The van der Waals surface area contributed by atoms with Gasteiger partial charge in [0.2, 0.25) is 0 Å². The summed E-state index contributed by atoms with van der Waals surface area (Å²) in [5.41, 5.74) is -0.00736. The predicted octanol–water partition coefficient (Wildman–Crippen LogP) is 1.69. The number of hydrogen-bond donors (Lipinski definition) is 2. The van der Waals surface area contributed by atoms with Crippen LogP contribution in [0.25, 0.3) is 0 Å². The van der Waals surface area contributed by atoms with Crippen molar-refractivity contribution in [3.05, 3.63) is 71.8 Å². The van der Waals surface area contributed by atoms with E-state index in [4.69, 9.17) is 18.9 Å². The molecule has 0 amide bonds. The van der Waals surface area contributed by atoms with Crippen molar-refractivity contribution in [2.24, 2.45) is 11.3 Å². The van der Waals surface area contributed by atoms with Crippen molar-refractivity contribution in [2.45, 2.75) is 37.6 Å². The smallest absolute Gasteiger partial charge is 0.338 e. The lowest BCUT2D eigenvalue weighted by Crippen LogP contribution is -2.65. The number of aliphatic hydroxyl groups excluding tert-OH is 2. The van der Waals surface area contributed by atoms with Crippen LogP contribution in [0.5, 0.6) is 0 Å². The van der Waals surface area contributed by atoms with Gasteiger partial charge in [0.1, 0.15) is 12.2 Å². The van der Waals surface area contributed by atoms with E-state index < -0.39 is 54.5 Å². The number of aliphatic hydroxyl groups is 2.